The van der Waals surface area contributed by atoms with Gasteiger partial charge in [-0.3, -0.25) is 4.79 Å². The van der Waals surface area contributed by atoms with Crippen LogP contribution in [-0.2, 0) is 14.3 Å². The molecule has 0 fully saturated rings. The Bertz CT molecular complexity index is 1010. The number of hydrogen-bond acceptors (Lipinski definition) is 7. The van der Waals surface area contributed by atoms with Crippen molar-refractivity contribution in [2.45, 2.75) is 13.8 Å². The zero-order valence-electron chi connectivity index (χ0n) is 15.9. The highest BCUT2D eigenvalue weighted by Crippen LogP contribution is 2.40. The Labute approximate surface area is 171 Å². The van der Waals surface area contributed by atoms with Crippen LogP contribution in [0, 0.1) is 6.92 Å². The third kappa shape index (κ3) is 4.72. The molecular weight excluding hydrogens is 394 g/mol. The van der Waals surface area contributed by atoms with Crippen molar-refractivity contribution in [2.24, 2.45) is 0 Å². The van der Waals surface area contributed by atoms with Crippen LogP contribution in [0.1, 0.15) is 33.4 Å². The van der Waals surface area contributed by atoms with Crippen LogP contribution < -0.4 is 5.32 Å². The van der Waals surface area contributed by atoms with E-state index in [0.717, 1.165) is 10.4 Å². The summed E-state index contributed by atoms with van der Waals surface area (Å²) in [5, 5.41) is 3.00. The summed E-state index contributed by atoms with van der Waals surface area (Å²) in [6.07, 6.45) is 1.34. The van der Waals surface area contributed by atoms with E-state index < -0.39 is 24.5 Å². The van der Waals surface area contributed by atoms with Gasteiger partial charge in [0.05, 0.1) is 18.4 Å². The number of amides is 1. The molecule has 8 heteroatoms. The molecule has 0 bridgehead atoms. The Kier molecular flexibility index (Phi) is 6.46. The van der Waals surface area contributed by atoms with E-state index in [4.69, 9.17) is 13.9 Å². The lowest BCUT2D eigenvalue weighted by Crippen LogP contribution is -2.21. The van der Waals surface area contributed by atoms with Crippen molar-refractivity contribution in [3.63, 3.8) is 0 Å². The number of benzene rings is 1. The number of thiophene rings is 1. The number of nitrogens with one attached hydrogen (secondary N) is 1. The molecule has 0 aliphatic carbocycles. The van der Waals surface area contributed by atoms with Crippen LogP contribution >= 0.6 is 11.3 Å². The van der Waals surface area contributed by atoms with Crippen molar-refractivity contribution in [2.75, 3.05) is 18.5 Å². The minimum Gasteiger partial charge on any atom is -0.462 e. The van der Waals surface area contributed by atoms with Crippen LogP contribution in [0.4, 0.5) is 5.00 Å². The molecule has 0 aliphatic rings. The fraction of sp³-hybridized carbons (Fsp3) is 0.190. The molecule has 1 aromatic carbocycles. The zero-order valence-corrected chi connectivity index (χ0v) is 16.7. The molecule has 0 spiro atoms. The molecule has 2 aromatic heterocycles. The summed E-state index contributed by atoms with van der Waals surface area (Å²) in [4.78, 5) is 37.4. The Hall–Kier alpha value is -3.39. The minimum absolute atomic E-state index is 0.00310. The second-order valence-corrected chi connectivity index (χ2v) is 6.97. The van der Waals surface area contributed by atoms with E-state index in [-0.39, 0.29) is 12.4 Å². The summed E-state index contributed by atoms with van der Waals surface area (Å²) in [5.74, 6) is -1.84. The molecule has 7 nitrogen and oxygen atoms in total. The monoisotopic (exact) mass is 413 g/mol. The summed E-state index contributed by atoms with van der Waals surface area (Å²) in [6, 6.07) is 12.5. The number of rotatable bonds is 7. The first-order valence-corrected chi connectivity index (χ1v) is 9.69. The lowest BCUT2D eigenvalue weighted by molar-refractivity contribution is -0.119. The lowest BCUT2D eigenvalue weighted by Gasteiger charge is -2.07. The largest absolute Gasteiger partial charge is 0.462 e. The van der Waals surface area contributed by atoms with E-state index in [9.17, 15) is 14.4 Å². The van der Waals surface area contributed by atoms with Gasteiger partial charge in [0.25, 0.3) is 5.91 Å². The summed E-state index contributed by atoms with van der Waals surface area (Å²) in [6.45, 7) is 3.21. The van der Waals surface area contributed by atoms with E-state index >= 15 is 0 Å². The Morgan fingerprint density at radius 3 is 2.45 bits per heavy atom. The first-order chi connectivity index (χ1) is 14.0. The molecule has 0 aliphatic heterocycles. The van der Waals surface area contributed by atoms with E-state index in [1.54, 1.807) is 19.9 Å². The maximum atomic E-state index is 12.5. The van der Waals surface area contributed by atoms with Crippen molar-refractivity contribution in [1.29, 1.82) is 0 Å². The first kappa shape index (κ1) is 20.3. The SMILES string of the molecule is CCOC(=O)c1c(NC(=O)COC(=O)c2ccco2)sc(-c2ccccc2)c1C. The predicted octanol–water partition coefficient (Wildman–Crippen LogP) is 4.29. The Balaban J connectivity index is 1.80. The third-order valence-corrected chi connectivity index (χ3v) is 5.23. The molecule has 29 heavy (non-hydrogen) atoms. The Morgan fingerprint density at radius 1 is 1.03 bits per heavy atom. The molecule has 0 atom stereocenters. The van der Waals surface area contributed by atoms with Gasteiger partial charge in [0.15, 0.2) is 6.61 Å². The zero-order chi connectivity index (χ0) is 20.8. The maximum absolute atomic E-state index is 12.5. The van der Waals surface area contributed by atoms with Crippen LogP contribution in [-0.4, -0.2) is 31.1 Å². The van der Waals surface area contributed by atoms with Crippen LogP contribution in [0.2, 0.25) is 0 Å². The van der Waals surface area contributed by atoms with Gasteiger partial charge in [0.1, 0.15) is 5.00 Å². The minimum atomic E-state index is -0.747. The van der Waals surface area contributed by atoms with Crippen LogP contribution in [0.15, 0.2) is 53.1 Å². The number of hydrogen-bond donors (Lipinski definition) is 1. The van der Waals surface area contributed by atoms with Gasteiger partial charge in [-0.15, -0.1) is 11.3 Å². The van der Waals surface area contributed by atoms with Gasteiger partial charge in [-0.25, -0.2) is 9.59 Å². The normalized spacial score (nSPS) is 10.4. The molecule has 1 amide bonds. The fourth-order valence-corrected chi connectivity index (χ4v) is 3.89. The third-order valence-electron chi connectivity index (χ3n) is 3.97. The molecule has 0 saturated carbocycles. The van der Waals surface area contributed by atoms with Gasteiger partial charge in [0.2, 0.25) is 5.76 Å². The quantitative estimate of drug-likeness (QED) is 0.581. The summed E-state index contributed by atoms with van der Waals surface area (Å²) in [7, 11) is 0. The fourth-order valence-electron chi connectivity index (χ4n) is 2.68. The van der Waals surface area contributed by atoms with E-state index in [2.05, 4.69) is 5.32 Å². The number of carbonyl (C=O) groups is 3. The average Bonchev–Trinajstić information content (AvgIpc) is 3.35. The van der Waals surface area contributed by atoms with Gasteiger partial charge in [-0.2, -0.15) is 0 Å². The van der Waals surface area contributed by atoms with Gasteiger partial charge in [0, 0.05) is 4.88 Å². The number of anilines is 1. The van der Waals surface area contributed by atoms with Crippen LogP contribution in [0.5, 0.6) is 0 Å². The maximum Gasteiger partial charge on any atom is 0.374 e. The van der Waals surface area contributed by atoms with Gasteiger partial charge in [-0.05, 0) is 37.1 Å². The van der Waals surface area contributed by atoms with Crippen LogP contribution in [0.25, 0.3) is 10.4 Å². The van der Waals surface area contributed by atoms with E-state index in [1.165, 1.54) is 23.7 Å². The highest BCUT2D eigenvalue weighted by molar-refractivity contribution is 7.20. The van der Waals surface area contributed by atoms with Crippen molar-refractivity contribution in [3.8, 4) is 10.4 Å². The highest BCUT2D eigenvalue weighted by Gasteiger charge is 2.24. The van der Waals surface area contributed by atoms with Gasteiger partial charge >= 0.3 is 11.9 Å². The second-order valence-electron chi connectivity index (χ2n) is 5.95. The molecule has 3 rings (SSSR count). The number of esters is 2. The summed E-state index contributed by atoms with van der Waals surface area (Å²) < 4.78 is 15.0. The second kappa shape index (κ2) is 9.20. The summed E-state index contributed by atoms with van der Waals surface area (Å²) in [5.41, 5.74) is 1.93. The topological polar surface area (TPSA) is 94.8 Å². The van der Waals surface area contributed by atoms with E-state index in [1.807, 2.05) is 30.3 Å². The summed E-state index contributed by atoms with van der Waals surface area (Å²) >= 11 is 1.26. The van der Waals surface area contributed by atoms with Crippen molar-refractivity contribution < 1.29 is 28.3 Å². The smallest absolute Gasteiger partial charge is 0.374 e. The molecule has 0 radical (unpaired) electrons. The van der Waals surface area contributed by atoms with Gasteiger partial charge in [-0.1, -0.05) is 30.3 Å². The van der Waals surface area contributed by atoms with E-state index in [0.29, 0.717) is 16.1 Å². The molecule has 0 saturated heterocycles. The standard InChI is InChI=1S/C21H19NO6S/c1-3-26-21(25)17-13(2)18(14-8-5-4-6-9-14)29-19(17)22-16(23)12-28-20(24)15-10-7-11-27-15/h4-11H,3,12H2,1-2H3,(H,22,23). The van der Waals surface area contributed by atoms with Crippen molar-refractivity contribution >= 4 is 34.2 Å². The molecular formula is C21H19NO6S. The lowest BCUT2D eigenvalue weighted by atomic mass is 10.1. The average molecular weight is 413 g/mol. The molecule has 150 valence electrons. The Morgan fingerprint density at radius 2 is 1.79 bits per heavy atom. The molecule has 2 heterocycles. The predicted molar refractivity (Wildman–Crippen MR) is 108 cm³/mol. The number of furan rings is 1. The van der Waals surface area contributed by atoms with Crippen LogP contribution in [0.3, 0.4) is 0 Å². The van der Waals surface area contributed by atoms with Crippen molar-refractivity contribution in [3.05, 3.63) is 65.6 Å². The van der Waals surface area contributed by atoms with Gasteiger partial charge < -0.3 is 19.2 Å². The number of carbonyl (C=O) groups excluding carboxylic acids is 3. The number of ether oxygens (including phenoxy) is 2. The van der Waals surface area contributed by atoms with Crippen molar-refractivity contribution in [1.82, 2.24) is 0 Å². The molecule has 3 aromatic rings. The highest BCUT2D eigenvalue weighted by atomic mass is 32.1. The molecule has 0 unspecified atom stereocenters. The first-order valence-electron chi connectivity index (χ1n) is 8.87. The molecule has 1 N–H and O–H groups in total.